The number of fused-ring (bicyclic) bond motifs is 6. The van der Waals surface area contributed by atoms with Gasteiger partial charge in [-0.3, -0.25) is 0 Å². The van der Waals surface area contributed by atoms with Gasteiger partial charge in [-0.2, -0.15) is 10.5 Å². The summed E-state index contributed by atoms with van der Waals surface area (Å²) in [4.78, 5) is 0. The lowest BCUT2D eigenvalue weighted by atomic mass is 9.97. The molecule has 4 nitrogen and oxygen atoms in total. The standard InChI is InChI=1S/C44H26N4/c45-27-29-16-25-43(48-41-14-5-1-9-35(41)36-10-2-6-15-42(36)48)39(26-29)32-19-17-30(18-20-32)31-21-23-34(24-22-31)47-40-13-4-3-11-37(40)38-12-7-8-33(28-46)44(38)47/h1-26H. The molecule has 9 aromatic rings. The lowest BCUT2D eigenvalue weighted by Crippen LogP contribution is -1.98. The van der Waals surface area contributed by atoms with Crippen molar-refractivity contribution < 1.29 is 0 Å². The third-order valence-corrected chi connectivity index (χ3v) is 9.42. The fourth-order valence-electron chi connectivity index (χ4n) is 7.24. The van der Waals surface area contributed by atoms with Gasteiger partial charge in [0.2, 0.25) is 0 Å². The van der Waals surface area contributed by atoms with Crippen LogP contribution < -0.4 is 0 Å². The average molecular weight is 611 g/mol. The van der Waals surface area contributed by atoms with Crippen molar-refractivity contribution in [2.45, 2.75) is 0 Å². The molecule has 0 fully saturated rings. The molecule has 0 saturated carbocycles. The van der Waals surface area contributed by atoms with Crippen LogP contribution >= 0.6 is 0 Å². The van der Waals surface area contributed by atoms with E-state index in [1.807, 2.05) is 36.4 Å². The number of hydrogen-bond acceptors (Lipinski definition) is 2. The third kappa shape index (κ3) is 4.14. The first kappa shape index (κ1) is 27.4. The van der Waals surface area contributed by atoms with Crippen molar-refractivity contribution in [3.63, 3.8) is 0 Å². The molecule has 9 rings (SSSR count). The minimum atomic E-state index is 0.624. The van der Waals surface area contributed by atoms with E-state index in [0.717, 1.165) is 66.5 Å². The molecule has 222 valence electrons. The van der Waals surface area contributed by atoms with Crippen LogP contribution in [-0.4, -0.2) is 9.13 Å². The van der Waals surface area contributed by atoms with Crippen molar-refractivity contribution in [3.05, 3.63) is 169 Å². The average Bonchev–Trinajstić information content (AvgIpc) is 3.68. The quantitative estimate of drug-likeness (QED) is 0.199. The highest BCUT2D eigenvalue weighted by atomic mass is 15.0. The monoisotopic (exact) mass is 610 g/mol. The zero-order valence-electron chi connectivity index (χ0n) is 25.8. The summed E-state index contributed by atoms with van der Waals surface area (Å²) in [6.07, 6.45) is 0. The van der Waals surface area contributed by atoms with Gasteiger partial charge in [-0.15, -0.1) is 0 Å². The Balaban J connectivity index is 1.13. The maximum atomic E-state index is 9.94. The first-order chi connectivity index (χ1) is 23.7. The van der Waals surface area contributed by atoms with Crippen LogP contribution in [0.5, 0.6) is 0 Å². The van der Waals surface area contributed by atoms with Gasteiger partial charge in [0.1, 0.15) is 6.07 Å². The summed E-state index contributed by atoms with van der Waals surface area (Å²) in [6, 6.07) is 59.0. The van der Waals surface area contributed by atoms with Gasteiger partial charge in [0.25, 0.3) is 0 Å². The van der Waals surface area contributed by atoms with E-state index in [0.29, 0.717) is 11.1 Å². The van der Waals surface area contributed by atoms with Gasteiger partial charge < -0.3 is 9.13 Å². The van der Waals surface area contributed by atoms with E-state index in [9.17, 15) is 10.5 Å². The first-order valence-corrected chi connectivity index (χ1v) is 15.9. The van der Waals surface area contributed by atoms with Gasteiger partial charge >= 0.3 is 0 Å². The van der Waals surface area contributed by atoms with E-state index in [2.05, 4.69) is 143 Å². The Hall–Kier alpha value is -6.88. The van der Waals surface area contributed by atoms with Crippen molar-refractivity contribution in [1.82, 2.24) is 9.13 Å². The van der Waals surface area contributed by atoms with Gasteiger partial charge in [-0.25, -0.2) is 0 Å². The topological polar surface area (TPSA) is 57.4 Å². The van der Waals surface area contributed by atoms with Crippen LogP contribution in [0, 0.1) is 22.7 Å². The molecule has 0 spiro atoms. The first-order valence-electron chi connectivity index (χ1n) is 15.9. The van der Waals surface area contributed by atoms with E-state index in [-0.39, 0.29) is 0 Å². The second-order valence-electron chi connectivity index (χ2n) is 12.0. The Bertz CT molecular complexity index is 2730. The Morgan fingerprint density at radius 2 is 0.938 bits per heavy atom. The molecule has 2 aromatic heterocycles. The summed E-state index contributed by atoms with van der Waals surface area (Å²) in [5.74, 6) is 0. The second-order valence-corrected chi connectivity index (χ2v) is 12.0. The van der Waals surface area contributed by atoms with Crippen LogP contribution in [0.4, 0.5) is 0 Å². The van der Waals surface area contributed by atoms with Gasteiger partial charge in [0.05, 0.1) is 45.0 Å². The highest BCUT2D eigenvalue weighted by Crippen LogP contribution is 2.38. The van der Waals surface area contributed by atoms with Crippen LogP contribution in [0.25, 0.3) is 77.2 Å². The van der Waals surface area contributed by atoms with Crippen molar-refractivity contribution >= 4 is 43.6 Å². The Morgan fingerprint density at radius 3 is 1.54 bits per heavy atom. The summed E-state index contributed by atoms with van der Waals surface area (Å²) in [7, 11) is 0. The molecule has 0 atom stereocenters. The predicted octanol–water partition coefficient (Wildman–Crippen LogP) is 11.0. The Kier molecular flexibility index (Phi) is 6.22. The number of nitrogens with zero attached hydrogens (tertiary/aromatic N) is 4. The number of hydrogen-bond donors (Lipinski definition) is 0. The molecule has 0 saturated heterocycles. The minimum Gasteiger partial charge on any atom is -0.309 e. The van der Waals surface area contributed by atoms with Crippen LogP contribution in [-0.2, 0) is 0 Å². The summed E-state index contributed by atoms with van der Waals surface area (Å²) in [5.41, 5.74) is 11.8. The molecule has 2 heterocycles. The summed E-state index contributed by atoms with van der Waals surface area (Å²) in [6.45, 7) is 0. The smallest absolute Gasteiger partial charge is 0.101 e. The Labute approximate surface area is 277 Å². The molecular weight excluding hydrogens is 585 g/mol. The van der Waals surface area contributed by atoms with Gasteiger partial charge in [0, 0.05) is 32.8 Å². The molecule has 0 aliphatic heterocycles. The second kappa shape index (κ2) is 10.9. The minimum absolute atomic E-state index is 0.624. The fraction of sp³-hybridized carbons (Fsp3) is 0. The molecule has 0 bridgehead atoms. The van der Waals surface area contributed by atoms with Crippen LogP contribution in [0.1, 0.15) is 11.1 Å². The maximum Gasteiger partial charge on any atom is 0.101 e. The van der Waals surface area contributed by atoms with Crippen molar-refractivity contribution in [2.24, 2.45) is 0 Å². The van der Waals surface area contributed by atoms with Crippen LogP contribution in [0.3, 0.4) is 0 Å². The normalized spacial score (nSPS) is 11.3. The lowest BCUT2D eigenvalue weighted by molar-refractivity contribution is 1.18. The van der Waals surface area contributed by atoms with E-state index in [1.54, 1.807) is 0 Å². The molecule has 7 aromatic carbocycles. The summed E-state index contributed by atoms with van der Waals surface area (Å²) >= 11 is 0. The molecule has 0 aliphatic rings. The lowest BCUT2D eigenvalue weighted by Gasteiger charge is -2.15. The van der Waals surface area contributed by atoms with Gasteiger partial charge in [0.15, 0.2) is 0 Å². The van der Waals surface area contributed by atoms with Gasteiger partial charge in [-0.05, 0) is 71.3 Å². The zero-order valence-corrected chi connectivity index (χ0v) is 25.8. The Morgan fingerprint density at radius 1 is 0.417 bits per heavy atom. The molecule has 4 heteroatoms. The molecule has 48 heavy (non-hydrogen) atoms. The number of aromatic nitrogens is 2. The van der Waals surface area contributed by atoms with Crippen molar-refractivity contribution in [3.8, 4) is 45.8 Å². The largest absolute Gasteiger partial charge is 0.309 e. The van der Waals surface area contributed by atoms with Gasteiger partial charge in [-0.1, -0.05) is 103 Å². The van der Waals surface area contributed by atoms with E-state index >= 15 is 0 Å². The number of para-hydroxylation sites is 4. The number of benzene rings is 7. The number of nitriles is 2. The fourth-order valence-corrected chi connectivity index (χ4v) is 7.24. The van der Waals surface area contributed by atoms with Crippen molar-refractivity contribution in [2.75, 3.05) is 0 Å². The molecule has 0 N–H and O–H groups in total. The highest BCUT2D eigenvalue weighted by molar-refractivity contribution is 6.11. The third-order valence-electron chi connectivity index (χ3n) is 9.42. The maximum absolute atomic E-state index is 9.94. The molecule has 0 aliphatic carbocycles. The molecule has 0 unspecified atom stereocenters. The zero-order chi connectivity index (χ0) is 32.2. The predicted molar refractivity (Wildman–Crippen MR) is 195 cm³/mol. The number of rotatable bonds is 4. The highest BCUT2D eigenvalue weighted by Gasteiger charge is 2.17. The van der Waals surface area contributed by atoms with Crippen molar-refractivity contribution in [1.29, 1.82) is 10.5 Å². The summed E-state index contributed by atoms with van der Waals surface area (Å²) in [5, 5.41) is 24.4. The summed E-state index contributed by atoms with van der Waals surface area (Å²) < 4.78 is 4.49. The van der Waals surface area contributed by atoms with E-state index in [1.165, 1.54) is 10.8 Å². The SMILES string of the molecule is N#Cc1ccc(-n2c3ccccc3c3ccccc32)c(-c2ccc(-c3ccc(-n4c5ccccc5c5cccc(C#N)c54)cc3)cc2)c1. The van der Waals surface area contributed by atoms with Crippen LogP contribution in [0.2, 0.25) is 0 Å². The molecule has 0 radical (unpaired) electrons. The molecular formula is C44H26N4. The van der Waals surface area contributed by atoms with E-state index in [4.69, 9.17) is 0 Å². The molecule has 0 amide bonds. The van der Waals surface area contributed by atoms with Crippen LogP contribution in [0.15, 0.2) is 158 Å². The van der Waals surface area contributed by atoms with E-state index < -0.39 is 0 Å².